The highest BCUT2D eigenvalue weighted by Gasteiger charge is 2.06. The van der Waals surface area contributed by atoms with E-state index in [1.54, 1.807) is 0 Å². The molecule has 0 radical (unpaired) electrons. The van der Waals surface area contributed by atoms with E-state index in [0.29, 0.717) is 0 Å². The van der Waals surface area contributed by atoms with E-state index in [0.717, 1.165) is 0 Å². The van der Waals surface area contributed by atoms with Gasteiger partial charge in [0.05, 0.1) is 7.11 Å². The Bertz CT molecular complexity index is 194. The van der Waals surface area contributed by atoms with Crippen LogP contribution >= 0.6 is 10.7 Å². The second-order valence-electron chi connectivity index (χ2n) is 1.43. The van der Waals surface area contributed by atoms with E-state index in [2.05, 4.69) is 11.3 Å². The van der Waals surface area contributed by atoms with Gasteiger partial charge < -0.3 is 4.74 Å². The predicted molar refractivity (Wildman–Crippen MR) is 35.8 cm³/mol. The first-order valence-electron chi connectivity index (χ1n) is 2.10. The lowest BCUT2D eigenvalue weighted by molar-refractivity contribution is 0.296. The maximum absolute atomic E-state index is 10.2. The number of hydrogen-bond donors (Lipinski definition) is 0. The summed E-state index contributed by atoms with van der Waals surface area (Å²) in [5.74, 6) is -0.185. The van der Waals surface area contributed by atoms with E-state index in [1.165, 1.54) is 7.11 Å². The first-order valence-corrected chi connectivity index (χ1v) is 4.57. The second-order valence-corrected chi connectivity index (χ2v) is 4.20. The van der Waals surface area contributed by atoms with Crippen molar-refractivity contribution in [2.75, 3.05) is 12.9 Å². The fourth-order valence-corrected chi connectivity index (χ4v) is 1.12. The van der Waals surface area contributed by atoms with Crippen LogP contribution in [0.5, 0.6) is 0 Å². The van der Waals surface area contributed by atoms with Crippen LogP contribution in [0.15, 0.2) is 12.3 Å². The quantitative estimate of drug-likeness (QED) is 0.463. The molecule has 54 valence electrons. The summed E-state index contributed by atoms with van der Waals surface area (Å²) in [7, 11) is 2.69. The van der Waals surface area contributed by atoms with Gasteiger partial charge in [-0.05, 0) is 0 Å². The fourth-order valence-electron chi connectivity index (χ4n) is 0.251. The maximum atomic E-state index is 10.2. The van der Waals surface area contributed by atoms with E-state index >= 15 is 0 Å². The molecule has 0 heterocycles. The van der Waals surface area contributed by atoms with E-state index in [1.807, 2.05) is 0 Å². The number of rotatable bonds is 3. The highest BCUT2D eigenvalue weighted by Crippen LogP contribution is 2.02. The summed E-state index contributed by atoms with van der Waals surface area (Å²) < 4.78 is 24.9. The number of hydrogen-bond acceptors (Lipinski definition) is 3. The zero-order chi connectivity index (χ0) is 7.49. The molecule has 0 spiro atoms. The van der Waals surface area contributed by atoms with Gasteiger partial charge in [-0.25, -0.2) is 8.42 Å². The van der Waals surface area contributed by atoms with Crippen LogP contribution in [-0.2, 0) is 13.8 Å². The molecule has 3 nitrogen and oxygen atoms in total. The van der Waals surface area contributed by atoms with Gasteiger partial charge in [0.15, 0.2) is 0 Å². The van der Waals surface area contributed by atoms with E-state index in [4.69, 9.17) is 10.7 Å². The van der Waals surface area contributed by atoms with Crippen molar-refractivity contribution in [1.82, 2.24) is 0 Å². The Hall–Kier alpha value is -0.220. The summed E-state index contributed by atoms with van der Waals surface area (Å²) in [4.78, 5) is 0. The normalized spacial score (nSPS) is 10.9. The van der Waals surface area contributed by atoms with Crippen LogP contribution in [0.2, 0.25) is 0 Å². The zero-order valence-electron chi connectivity index (χ0n) is 4.93. The van der Waals surface area contributed by atoms with Gasteiger partial charge >= 0.3 is 0 Å². The molecular formula is C4H7ClO3S. The molecule has 0 aliphatic heterocycles. The largest absolute Gasteiger partial charge is 0.501 e. The smallest absolute Gasteiger partial charge is 0.239 e. The summed E-state index contributed by atoms with van der Waals surface area (Å²) in [5, 5.41) is 0. The molecule has 0 aromatic carbocycles. The topological polar surface area (TPSA) is 43.4 Å². The molecule has 0 aromatic rings. The predicted octanol–water partition coefficient (Wildman–Crippen LogP) is 0.715. The monoisotopic (exact) mass is 170 g/mol. The van der Waals surface area contributed by atoms with Crippen LogP contribution in [0.4, 0.5) is 0 Å². The molecule has 0 atom stereocenters. The molecule has 0 N–H and O–H groups in total. The number of halogens is 1. The lowest BCUT2D eigenvalue weighted by atomic mass is 10.7. The summed E-state index contributed by atoms with van der Waals surface area (Å²) in [5.41, 5.74) is 0. The molecule has 0 rings (SSSR count). The van der Waals surface area contributed by atoms with E-state index in [9.17, 15) is 8.42 Å². The molecule has 0 amide bonds. The molecule has 0 fully saturated rings. The maximum Gasteiger partial charge on any atom is 0.239 e. The average Bonchev–Trinajstić information content (AvgIpc) is 1.62. The Balaban J connectivity index is 3.91. The Kier molecular flexibility index (Phi) is 3.00. The van der Waals surface area contributed by atoms with Crippen molar-refractivity contribution >= 4 is 19.7 Å². The van der Waals surface area contributed by atoms with Crippen molar-refractivity contribution in [3.05, 3.63) is 12.3 Å². The van der Waals surface area contributed by atoms with Crippen LogP contribution in [-0.4, -0.2) is 21.3 Å². The van der Waals surface area contributed by atoms with E-state index < -0.39 is 9.05 Å². The lowest BCUT2D eigenvalue weighted by Gasteiger charge is -1.98. The van der Waals surface area contributed by atoms with Gasteiger partial charge in [-0.3, -0.25) is 0 Å². The van der Waals surface area contributed by atoms with Crippen molar-refractivity contribution < 1.29 is 13.2 Å². The summed E-state index contributed by atoms with van der Waals surface area (Å²) >= 11 is 0. The third-order valence-electron chi connectivity index (χ3n) is 0.622. The molecule has 0 saturated carbocycles. The van der Waals surface area contributed by atoms with Crippen molar-refractivity contribution in [1.29, 1.82) is 0 Å². The van der Waals surface area contributed by atoms with Crippen LogP contribution in [0.1, 0.15) is 0 Å². The molecule has 5 heteroatoms. The first kappa shape index (κ1) is 8.78. The summed E-state index contributed by atoms with van der Waals surface area (Å²) in [6, 6.07) is 0. The van der Waals surface area contributed by atoms with Crippen LogP contribution in [0, 0.1) is 0 Å². The second kappa shape index (κ2) is 3.08. The van der Waals surface area contributed by atoms with Crippen molar-refractivity contribution in [3.63, 3.8) is 0 Å². The zero-order valence-corrected chi connectivity index (χ0v) is 6.50. The van der Waals surface area contributed by atoms with Gasteiger partial charge in [0, 0.05) is 10.7 Å². The van der Waals surface area contributed by atoms with E-state index in [-0.39, 0.29) is 11.5 Å². The Morgan fingerprint density at radius 2 is 2.22 bits per heavy atom. The highest BCUT2D eigenvalue weighted by atomic mass is 35.7. The Morgan fingerprint density at radius 3 is 2.33 bits per heavy atom. The Morgan fingerprint density at radius 1 is 1.78 bits per heavy atom. The standard InChI is InChI=1S/C4H7ClO3S/c1-4(8-2)3-9(5,6)7/h1,3H2,2H3. The molecule has 0 saturated heterocycles. The number of ether oxygens (including phenoxy) is 1. The van der Waals surface area contributed by atoms with Gasteiger partial charge in [-0.15, -0.1) is 0 Å². The Labute approximate surface area is 58.7 Å². The van der Waals surface area contributed by atoms with Gasteiger partial charge in [0.1, 0.15) is 11.5 Å². The van der Waals surface area contributed by atoms with Crippen molar-refractivity contribution in [3.8, 4) is 0 Å². The minimum atomic E-state index is -3.49. The van der Waals surface area contributed by atoms with Gasteiger partial charge in [-0.2, -0.15) is 0 Å². The SMILES string of the molecule is C=C(CS(=O)(=O)Cl)OC. The van der Waals surface area contributed by atoms with Crippen molar-refractivity contribution in [2.45, 2.75) is 0 Å². The van der Waals surface area contributed by atoms with Crippen LogP contribution in [0.25, 0.3) is 0 Å². The highest BCUT2D eigenvalue weighted by molar-refractivity contribution is 8.13. The summed E-state index contributed by atoms with van der Waals surface area (Å²) in [6.07, 6.45) is 0. The third-order valence-corrected chi connectivity index (χ3v) is 1.62. The average molecular weight is 171 g/mol. The molecule has 0 aliphatic carbocycles. The molecule has 9 heavy (non-hydrogen) atoms. The van der Waals surface area contributed by atoms with Gasteiger partial charge in [0.2, 0.25) is 9.05 Å². The molecular weight excluding hydrogens is 164 g/mol. The van der Waals surface area contributed by atoms with Gasteiger partial charge in [0.25, 0.3) is 0 Å². The lowest BCUT2D eigenvalue weighted by Crippen LogP contribution is -2.00. The molecule has 0 aliphatic rings. The fraction of sp³-hybridized carbons (Fsp3) is 0.500. The van der Waals surface area contributed by atoms with Gasteiger partial charge in [-0.1, -0.05) is 6.58 Å². The summed E-state index contributed by atoms with van der Waals surface area (Å²) in [6.45, 7) is 3.27. The van der Waals surface area contributed by atoms with Crippen molar-refractivity contribution in [2.24, 2.45) is 0 Å². The van der Waals surface area contributed by atoms with Crippen LogP contribution < -0.4 is 0 Å². The minimum absolute atomic E-state index is 0.144. The minimum Gasteiger partial charge on any atom is -0.501 e. The molecule has 0 unspecified atom stereocenters. The first-order chi connectivity index (χ1) is 3.95. The molecule has 0 aromatic heterocycles. The molecule has 0 bridgehead atoms. The van der Waals surface area contributed by atoms with Crippen LogP contribution in [0.3, 0.4) is 0 Å². The third kappa shape index (κ3) is 5.65. The number of methoxy groups -OCH3 is 1.